The number of halogens is 1. The summed E-state index contributed by atoms with van der Waals surface area (Å²) in [6.45, 7) is 4.24. The number of nitrogens with zero attached hydrogens (tertiary/aromatic N) is 1. The Kier molecular flexibility index (Phi) is 6.67. The molecule has 30 heavy (non-hydrogen) atoms. The molecule has 7 heteroatoms. The molecule has 2 aliphatic rings. The lowest BCUT2D eigenvalue weighted by molar-refractivity contribution is 0.0813. The molecular weight excluding hydrogens is 402 g/mol. The summed E-state index contributed by atoms with van der Waals surface area (Å²) < 4.78 is 5.37. The number of hydrogen-bond donors (Lipinski definition) is 2. The van der Waals surface area contributed by atoms with Gasteiger partial charge in [-0.15, -0.1) is 0 Å². The zero-order valence-corrected chi connectivity index (χ0v) is 17.6. The highest BCUT2D eigenvalue weighted by atomic mass is 35.5. The molecule has 0 bridgehead atoms. The summed E-state index contributed by atoms with van der Waals surface area (Å²) in [4.78, 5) is 27.0. The van der Waals surface area contributed by atoms with Crippen molar-refractivity contribution in [2.75, 3.05) is 31.6 Å². The molecule has 0 atom stereocenters. The van der Waals surface area contributed by atoms with E-state index in [-0.39, 0.29) is 11.7 Å². The van der Waals surface area contributed by atoms with E-state index in [1.807, 2.05) is 12.1 Å². The molecule has 0 spiro atoms. The van der Waals surface area contributed by atoms with Crippen LogP contribution in [0.1, 0.15) is 34.3 Å². The van der Waals surface area contributed by atoms with Gasteiger partial charge in [-0.2, -0.15) is 0 Å². The standard InChI is InChI=1S/C23H26ClN3O3/c24-19-6-4-16(5-7-19)22(28)17-8-10-27(11-9-17)12-13-30-23(29)26-21-3-1-2-18-14-25-15-20(18)21/h1-7,17,25H,8-15H2,(H,26,29). The Morgan fingerprint density at radius 3 is 2.63 bits per heavy atom. The molecule has 2 aromatic carbocycles. The van der Waals surface area contributed by atoms with E-state index in [1.54, 1.807) is 24.3 Å². The maximum absolute atomic E-state index is 12.6. The lowest BCUT2D eigenvalue weighted by Crippen LogP contribution is -2.38. The maximum Gasteiger partial charge on any atom is 0.411 e. The van der Waals surface area contributed by atoms with Crippen molar-refractivity contribution in [3.63, 3.8) is 0 Å². The molecule has 6 nitrogen and oxygen atoms in total. The van der Waals surface area contributed by atoms with E-state index in [0.717, 1.165) is 55.8 Å². The average molecular weight is 428 g/mol. The molecule has 2 aliphatic heterocycles. The number of carbonyl (C=O) groups is 2. The molecule has 2 N–H and O–H groups in total. The number of ether oxygens (including phenoxy) is 1. The van der Waals surface area contributed by atoms with Gasteiger partial charge in [-0.1, -0.05) is 23.7 Å². The molecular formula is C23H26ClN3O3. The number of ketones is 1. The van der Waals surface area contributed by atoms with Crippen molar-refractivity contribution in [2.24, 2.45) is 5.92 Å². The van der Waals surface area contributed by atoms with Crippen molar-refractivity contribution in [3.8, 4) is 0 Å². The topological polar surface area (TPSA) is 70.7 Å². The third-order valence-corrected chi connectivity index (χ3v) is 6.11. The van der Waals surface area contributed by atoms with Crippen molar-refractivity contribution >= 4 is 29.2 Å². The van der Waals surface area contributed by atoms with Gasteiger partial charge >= 0.3 is 6.09 Å². The predicted molar refractivity (Wildman–Crippen MR) is 117 cm³/mol. The number of piperidine rings is 1. The van der Waals surface area contributed by atoms with Crippen LogP contribution in [0.15, 0.2) is 42.5 Å². The third-order valence-electron chi connectivity index (χ3n) is 5.85. The first-order chi connectivity index (χ1) is 14.6. The van der Waals surface area contributed by atoms with Gasteiger partial charge in [-0.05, 0) is 67.4 Å². The fourth-order valence-electron chi connectivity index (χ4n) is 4.13. The van der Waals surface area contributed by atoms with Gasteiger partial charge < -0.3 is 10.1 Å². The molecule has 2 heterocycles. The van der Waals surface area contributed by atoms with Crippen LogP contribution >= 0.6 is 11.6 Å². The van der Waals surface area contributed by atoms with Crippen LogP contribution in [0.3, 0.4) is 0 Å². The highest BCUT2D eigenvalue weighted by Crippen LogP contribution is 2.25. The van der Waals surface area contributed by atoms with Gasteiger partial charge in [0.25, 0.3) is 0 Å². The molecule has 158 valence electrons. The monoisotopic (exact) mass is 427 g/mol. The number of amides is 1. The highest BCUT2D eigenvalue weighted by Gasteiger charge is 2.25. The zero-order chi connectivity index (χ0) is 20.9. The van der Waals surface area contributed by atoms with Crippen LogP contribution in [0.5, 0.6) is 0 Å². The number of anilines is 1. The number of rotatable bonds is 6. The first-order valence-electron chi connectivity index (χ1n) is 10.4. The summed E-state index contributed by atoms with van der Waals surface area (Å²) in [6, 6.07) is 13.0. The number of benzene rings is 2. The van der Waals surface area contributed by atoms with Crippen LogP contribution < -0.4 is 10.6 Å². The van der Waals surface area contributed by atoms with Crippen LogP contribution in [0.2, 0.25) is 5.02 Å². The fraction of sp³-hybridized carbons (Fsp3) is 0.391. The summed E-state index contributed by atoms with van der Waals surface area (Å²) in [7, 11) is 0. The molecule has 1 saturated heterocycles. The van der Waals surface area contributed by atoms with Crippen molar-refractivity contribution in [1.29, 1.82) is 0 Å². The summed E-state index contributed by atoms with van der Waals surface area (Å²) in [6.07, 6.45) is 1.20. The Bertz CT molecular complexity index is 908. The minimum atomic E-state index is -0.428. The normalized spacial score (nSPS) is 16.8. The molecule has 4 rings (SSSR count). The smallest absolute Gasteiger partial charge is 0.411 e. The van der Waals surface area contributed by atoms with Crippen LogP contribution in [-0.4, -0.2) is 43.0 Å². The van der Waals surface area contributed by atoms with Crippen molar-refractivity contribution in [2.45, 2.75) is 25.9 Å². The molecule has 1 fully saturated rings. The quantitative estimate of drug-likeness (QED) is 0.679. The van der Waals surface area contributed by atoms with E-state index in [2.05, 4.69) is 21.6 Å². The Balaban J connectivity index is 1.18. The summed E-state index contributed by atoms with van der Waals surface area (Å²) >= 11 is 5.90. The third kappa shape index (κ3) is 5.01. The molecule has 0 saturated carbocycles. The second-order valence-electron chi connectivity index (χ2n) is 7.79. The Labute approximate surface area is 181 Å². The number of carbonyl (C=O) groups excluding carboxylic acids is 2. The van der Waals surface area contributed by atoms with Crippen molar-refractivity contribution in [3.05, 3.63) is 64.2 Å². The van der Waals surface area contributed by atoms with E-state index < -0.39 is 6.09 Å². The van der Waals surface area contributed by atoms with Gasteiger partial charge in [0, 0.05) is 41.8 Å². The lowest BCUT2D eigenvalue weighted by atomic mass is 9.89. The van der Waals surface area contributed by atoms with Crippen LogP contribution in [0, 0.1) is 5.92 Å². The van der Waals surface area contributed by atoms with E-state index in [1.165, 1.54) is 5.56 Å². The Hall–Kier alpha value is -2.41. The van der Waals surface area contributed by atoms with Gasteiger partial charge in [0.15, 0.2) is 5.78 Å². The van der Waals surface area contributed by atoms with E-state index in [0.29, 0.717) is 18.2 Å². The van der Waals surface area contributed by atoms with E-state index in [4.69, 9.17) is 16.3 Å². The number of Topliss-reactive ketones (excluding diaryl/α,β-unsaturated/α-hetero) is 1. The van der Waals surface area contributed by atoms with Crippen LogP contribution in [0.4, 0.5) is 10.5 Å². The first kappa shape index (κ1) is 20.8. The van der Waals surface area contributed by atoms with Crippen LogP contribution in [-0.2, 0) is 17.8 Å². The highest BCUT2D eigenvalue weighted by molar-refractivity contribution is 6.30. The fourth-order valence-corrected chi connectivity index (χ4v) is 4.26. The van der Waals surface area contributed by atoms with Crippen molar-refractivity contribution < 1.29 is 14.3 Å². The second kappa shape index (κ2) is 9.60. The number of nitrogens with one attached hydrogen (secondary N) is 2. The zero-order valence-electron chi connectivity index (χ0n) is 16.8. The molecule has 0 radical (unpaired) electrons. The van der Waals surface area contributed by atoms with Crippen molar-refractivity contribution in [1.82, 2.24) is 10.2 Å². The number of hydrogen-bond acceptors (Lipinski definition) is 5. The summed E-state index contributed by atoms with van der Waals surface area (Å²) in [5.74, 6) is 0.229. The maximum atomic E-state index is 12.6. The lowest BCUT2D eigenvalue weighted by Gasteiger charge is -2.31. The molecule has 0 aliphatic carbocycles. The summed E-state index contributed by atoms with van der Waals surface area (Å²) in [5, 5.41) is 6.77. The average Bonchev–Trinajstić information content (AvgIpc) is 3.24. The van der Waals surface area contributed by atoms with E-state index in [9.17, 15) is 9.59 Å². The number of fused-ring (bicyclic) bond motifs is 1. The first-order valence-corrected chi connectivity index (χ1v) is 10.8. The van der Waals surface area contributed by atoms with Gasteiger partial charge in [0.05, 0.1) is 0 Å². The van der Waals surface area contributed by atoms with Gasteiger partial charge in [-0.25, -0.2) is 4.79 Å². The summed E-state index contributed by atoms with van der Waals surface area (Å²) in [5.41, 5.74) is 3.87. The van der Waals surface area contributed by atoms with Gasteiger partial charge in [0.1, 0.15) is 6.61 Å². The van der Waals surface area contributed by atoms with Gasteiger partial charge in [-0.3, -0.25) is 15.0 Å². The molecule has 0 aromatic heterocycles. The number of likely N-dealkylation sites (tertiary alicyclic amines) is 1. The van der Waals surface area contributed by atoms with E-state index >= 15 is 0 Å². The molecule has 0 unspecified atom stereocenters. The SMILES string of the molecule is O=C(Nc1cccc2c1CNC2)OCCN1CCC(C(=O)c2ccc(Cl)cc2)CC1. The Morgan fingerprint density at radius 1 is 1.10 bits per heavy atom. The van der Waals surface area contributed by atoms with Gasteiger partial charge in [0.2, 0.25) is 0 Å². The Morgan fingerprint density at radius 2 is 1.87 bits per heavy atom. The second-order valence-corrected chi connectivity index (χ2v) is 8.23. The molecule has 1 amide bonds. The largest absolute Gasteiger partial charge is 0.448 e. The minimum absolute atomic E-state index is 0.0421. The predicted octanol–water partition coefficient (Wildman–Crippen LogP) is 4.09. The molecule has 2 aromatic rings. The van der Waals surface area contributed by atoms with Crippen LogP contribution in [0.25, 0.3) is 0 Å². The minimum Gasteiger partial charge on any atom is -0.448 e.